The Morgan fingerprint density at radius 2 is 1.97 bits per heavy atom. The van der Waals surface area contributed by atoms with Crippen molar-refractivity contribution in [1.82, 2.24) is 23.9 Å². The van der Waals surface area contributed by atoms with Gasteiger partial charge in [0.15, 0.2) is 0 Å². The molecule has 0 spiro atoms. The molecule has 1 N–H and O–H groups in total. The van der Waals surface area contributed by atoms with Gasteiger partial charge in [0.2, 0.25) is 5.91 Å². The van der Waals surface area contributed by atoms with E-state index in [0.717, 1.165) is 4.09 Å². The molecule has 1 aliphatic rings. The second-order valence-electron chi connectivity index (χ2n) is 7.68. The summed E-state index contributed by atoms with van der Waals surface area (Å²) in [5.41, 5.74) is 1.14. The highest BCUT2D eigenvalue weighted by Crippen LogP contribution is 2.28. The summed E-state index contributed by atoms with van der Waals surface area (Å²) in [6, 6.07) is 5.83. The standard InChI is InChI=1S/C20H22FN5O4S/c1-13(2)25-10-15(7-22-25)31(29,30)26-9-14-8-24(11-19(14)23-26)20(28)17(12-27)16-5-3-4-6-18(16)21/h3-7,9-10,13,17,27H,8,11-12H2,1-2H3/t17-/m1/s1. The number of hydrogen-bond acceptors (Lipinski definition) is 6. The van der Waals surface area contributed by atoms with Gasteiger partial charge in [0, 0.05) is 36.1 Å². The number of carbonyl (C=O) groups excluding carboxylic acids is 1. The van der Waals surface area contributed by atoms with E-state index in [1.54, 1.807) is 10.7 Å². The van der Waals surface area contributed by atoms with Crippen LogP contribution in [0.1, 0.15) is 42.6 Å². The predicted molar refractivity (Wildman–Crippen MR) is 108 cm³/mol. The monoisotopic (exact) mass is 447 g/mol. The number of benzene rings is 1. The van der Waals surface area contributed by atoms with Gasteiger partial charge >= 0.3 is 0 Å². The molecule has 4 rings (SSSR count). The first kappa shape index (κ1) is 21.2. The first-order valence-electron chi connectivity index (χ1n) is 9.73. The summed E-state index contributed by atoms with van der Waals surface area (Å²) < 4.78 is 42.3. The molecule has 0 saturated heterocycles. The number of fused-ring (bicyclic) bond motifs is 1. The maximum absolute atomic E-state index is 14.1. The summed E-state index contributed by atoms with van der Waals surface area (Å²) in [7, 11) is -3.91. The number of aliphatic hydroxyl groups is 1. The van der Waals surface area contributed by atoms with Gasteiger partial charge in [-0.3, -0.25) is 9.48 Å². The van der Waals surface area contributed by atoms with E-state index >= 15 is 0 Å². The molecule has 0 saturated carbocycles. The second-order valence-corrected chi connectivity index (χ2v) is 9.48. The van der Waals surface area contributed by atoms with E-state index in [0.29, 0.717) is 11.3 Å². The molecule has 31 heavy (non-hydrogen) atoms. The Balaban J connectivity index is 1.54. The highest BCUT2D eigenvalue weighted by molar-refractivity contribution is 7.89. The first-order valence-corrected chi connectivity index (χ1v) is 11.2. The van der Waals surface area contributed by atoms with Crippen LogP contribution >= 0.6 is 0 Å². The molecular weight excluding hydrogens is 425 g/mol. The van der Waals surface area contributed by atoms with E-state index in [1.807, 2.05) is 13.8 Å². The quantitative estimate of drug-likeness (QED) is 0.615. The Kier molecular flexibility index (Phi) is 5.40. The lowest BCUT2D eigenvalue weighted by molar-refractivity contribution is -0.134. The fraction of sp³-hybridized carbons (Fsp3) is 0.350. The Bertz CT molecular complexity index is 1210. The summed E-state index contributed by atoms with van der Waals surface area (Å²) in [6.07, 6.45) is 4.10. The average molecular weight is 447 g/mol. The molecule has 2 aromatic heterocycles. The maximum Gasteiger partial charge on any atom is 0.286 e. The number of amides is 1. The van der Waals surface area contributed by atoms with Gasteiger partial charge in [-0.05, 0) is 19.9 Å². The van der Waals surface area contributed by atoms with E-state index in [2.05, 4.69) is 10.2 Å². The van der Waals surface area contributed by atoms with Crippen LogP contribution in [0.3, 0.4) is 0 Å². The SMILES string of the molecule is CC(C)n1cc(S(=O)(=O)n2cc3c(n2)CN(C(=O)[C@H](CO)c2ccccc2F)C3)cn1. The van der Waals surface area contributed by atoms with Crippen LogP contribution < -0.4 is 0 Å². The van der Waals surface area contributed by atoms with E-state index in [-0.39, 0.29) is 29.6 Å². The third-order valence-electron chi connectivity index (χ3n) is 5.28. The highest BCUT2D eigenvalue weighted by atomic mass is 32.2. The topological polar surface area (TPSA) is 110 Å². The van der Waals surface area contributed by atoms with Gasteiger partial charge < -0.3 is 10.0 Å². The fourth-order valence-corrected chi connectivity index (χ4v) is 4.65. The van der Waals surface area contributed by atoms with E-state index in [4.69, 9.17) is 0 Å². The number of rotatable bonds is 6. The van der Waals surface area contributed by atoms with Crippen LogP contribution in [0.5, 0.6) is 0 Å². The smallest absolute Gasteiger partial charge is 0.286 e. The first-order chi connectivity index (χ1) is 14.7. The van der Waals surface area contributed by atoms with Crippen molar-refractivity contribution in [2.75, 3.05) is 6.61 Å². The van der Waals surface area contributed by atoms with E-state index < -0.39 is 34.3 Å². The lowest BCUT2D eigenvalue weighted by Gasteiger charge is -2.22. The van der Waals surface area contributed by atoms with Crippen LogP contribution in [0.2, 0.25) is 0 Å². The van der Waals surface area contributed by atoms with Gasteiger partial charge in [0.05, 0.1) is 31.0 Å². The maximum atomic E-state index is 14.1. The van der Waals surface area contributed by atoms with Crippen molar-refractivity contribution >= 4 is 15.9 Å². The number of halogens is 1. The molecule has 0 fully saturated rings. The molecule has 3 aromatic rings. The molecular formula is C20H22FN5O4S. The van der Waals surface area contributed by atoms with Crippen LogP contribution in [0.25, 0.3) is 0 Å². The van der Waals surface area contributed by atoms with Gasteiger partial charge in [-0.25, -0.2) is 4.39 Å². The van der Waals surface area contributed by atoms with Gasteiger partial charge in [-0.2, -0.15) is 22.7 Å². The largest absolute Gasteiger partial charge is 0.395 e. The van der Waals surface area contributed by atoms with Crippen molar-refractivity contribution in [3.63, 3.8) is 0 Å². The van der Waals surface area contributed by atoms with Crippen molar-refractivity contribution < 1.29 is 22.7 Å². The Morgan fingerprint density at radius 3 is 2.58 bits per heavy atom. The number of carbonyl (C=O) groups is 1. The zero-order valence-electron chi connectivity index (χ0n) is 17.0. The Hall–Kier alpha value is -3.05. The van der Waals surface area contributed by atoms with Crippen LogP contribution in [0.15, 0.2) is 47.8 Å². The van der Waals surface area contributed by atoms with E-state index in [1.165, 1.54) is 41.7 Å². The van der Waals surface area contributed by atoms with Gasteiger partial charge in [-0.1, -0.05) is 18.2 Å². The van der Waals surface area contributed by atoms with Crippen LogP contribution in [-0.4, -0.2) is 49.9 Å². The summed E-state index contributed by atoms with van der Waals surface area (Å²) in [4.78, 5) is 14.4. The van der Waals surface area contributed by atoms with Gasteiger partial charge in [0.1, 0.15) is 10.7 Å². The molecule has 1 amide bonds. The molecule has 1 aliphatic heterocycles. The van der Waals surface area contributed by atoms with Crippen molar-refractivity contribution in [1.29, 1.82) is 0 Å². The summed E-state index contributed by atoms with van der Waals surface area (Å²) in [5.74, 6) is -2.05. The third-order valence-corrected chi connectivity index (χ3v) is 6.77. The fourth-order valence-electron chi connectivity index (χ4n) is 3.54. The minimum absolute atomic E-state index is 0.0140. The zero-order chi connectivity index (χ0) is 22.3. The number of nitrogens with zero attached hydrogens (tertiary/aromatic N) is 5. The molecule has 0 aliphatic carbocycles. The molecule has 0 unspecified atom stereocenters. The minimum Gasteiger partial charge on any atom is -0.395 e. The summed E-state index contributed by atoms with van der Waals surface area (Å²) in [5, 5.41) is 17.9. The van der Waals surface area contributed by atoms with Crippen molar-refractivity contribution in [3.05, 3.63) is 65.5 Å². The molecule has 9 nitrogen and oxygen atoms in total. The van der Waals surface area contributed by atoms with Crippen molar-refractivity contribution in [3.8, 4) is 0 Å². The van der Waals surface area contributed by atoms with Crippen molar-refractivity contribution in [2.45, 2.75) is 43.8 Å². The lowest BCUT2D eigenvalue weighted by atomic mass is 9.98. The highest BCUT2D eigenvalue weighted by Gasteiger charge is 2.34. The van der Waals surface area contributed by atoms with Gasteiger partial charge in [0.25, 0.3) is 10.0 Å². The molecule has 0 radical (unpaired) electrons. The molecule has 1 aromatic carbocycles. The van der Waals surface area contributed by atoms with E-state index in [9.17, 15) is 22.7 Å². The average Bonchev–Trinajstić information content (AvgIpc) is 3.44. The number of aromatic nitrogens is 4. The molecule has 1 atom stereocenters. The van der Waals surface area contributed by atoms with Crippen LogP contribution in [0.4, 0.5) is 4.39 Å². The number of hydrogen-bond donors (Lipinski definition) is 1. The Morgan fingerprint density at radius 1 is 1.23 bits per heavy atom. The normalized spacial score (nSPS) is 14.8. The van der Waals surface area contributed by atoms with Crippen molar-refractivity contribution in [2.24, 2.45) is 0 Å². The number of aliphatic hydroxyl groups excluding tert-OH is 1. The third kappa shape index (κ3) is 3.74. The predicted octanol–water partition coefficient (Wildman–Crippen LogP) is 1.65. The molecule has 3 heterocycles. The van der Waals surface area contributed by atoms with Crippen LogP contribution in [-0.2, 0) is 27.9 Å². The summed E-state index contributed by atoms with van der Waals surface area (Å²) >= 11 is 0. The summed E-state index contributed by atoms with van der Waals surface area (Å²) in [6.45, 7) is 3.44. The molecule has 0 bridgehead atoms. The Labute approximate surface area is 178 Å². The van der Waals surface area contributed by atoms with Crippen LogP contribution in [0, 0.1) is 5.82 Å². The lowest BCUT2D eigenvalue weighted by Crippen LogP contribution is -2.33. The van der Waals surface area contributed by atoms with Gasteiger partial charge in [-0.15, -0.1) is 0 Å². The minimum atomic E-state index is -3.91. The second kappa shape index (κ2) is 7.89. The molecule has 164 valence electrons. The zero-order valence-corrected chi connectivity index (χ0v) is 17.8. The molecule has 11 heteroatoms.